The fraction of sp³-hybridized carbons (Fsp3) is 0.769. The summed E-state index contributed by atoms with van der Waals surface area (Å²) in [4.78, 5) is 17.3. The molecule has 3 aliphatic carbocycles. The molecule has 10 heteroatoms. The Labute approximate surface area is 211 Å². The van der Waals surface area contributed by atoms with Gasteiger partial charge < -0.3 is 10.1 Å². The second-order valence-corrected chi connectivity index (χ2v) is 13.5. The predicted molar refractivity (Wildman–Crippen MR) is 131 cm³/mol. The normalized spacial score (nSPS) is 25.1. The van der Waals surface area contributed by atoms with Gasteiger partial charge in [-0.05, 0) is 74.2 Å². The third-order valence-electron chi connectivity index (χ3n) is 7.86. The van der Waals surface area contributed by atoms with Crippen molar-refractivity contribution in [3.8, 4) is 5.88 Å². The molecule has 0 saturated heterocycles. The Hall–Kier alpha value is -1.84. The van der Waals surface area contributed by atoms with Gasteiger partial charge in [-0.1, -0.05) is 26.7 Å². The first kappa shape index (κ1) is 27.2. The number of amides is 1. The first-order valence-corrected chi connectivity index (χ1v) is 14.8. The van der Waals surface area contributed by atoms with E-state index in [1.54, 1.807) is 13.8 Å². The van der Waals surface area contributed by atoms with Crippen LogP contribution in [0.2, 0.25) is 0 Å². The van der Waals surface area contributed by atoms with E-state index in [0.29, 0.717) is 24.7 Å². The molecule has 1 amide bonds. The molecule has 0 radical (unpaired) electrons. The van der Waals surface area contributed by atoms with Crippen molar-refractivity contribution in [3.05, 3.63) is 22.9 Å². The zero-order valence-electron chi connectivity index (χ0n) is 21.2. The van der Waals surface area contributed by atoms with E-state index in [4.69, 9.17) is 4.74 Å². The molecule has 3 fully saturated rings. The Morgan fingerprint density at radius 2 is 1.75 bits per heavy atom. The standard InChI is InChI=1S/C26H37F3N2O4S/c1-15(2)21-12-20(26(27,28)29)23(25(31-21)35-3)24(32)30-13-19-11-18(10-16-4-5-16)8-9-22(19)36(33,34)14-17-6-7-17/h12,15-19,22H,4-11,13-14H2,1-3H3,(H,30,32). The molecular formula is C26H37F3N2O4S. The van der Waals surface area contributed by atoms with Crippen molar-refractivity contribution in [2.75, 3.05) is 19.4 Å². The average Bonchev–Trinajstić information content (AvgIpc) is 3.73. The van der Waals surface area contributed by atoms with Crippen molar-refractivity contribution < 1.29 is 31.1 Å². The van der Waals surface area contributed by atoms with E-state index < -0.39 is 38.3 Å². The van der Waals surface area contributed by atoms with E-state index in [9.17, 15) is 26.4 Å². The quantitative estimate of drug-likeness (QED) is 0.440. The molecule has 4 rings (SSSR count). The highest BCUT2D eigenvalue weighted by Gasteiger charge is 2.43. The van der Waals surface area contributed by atoms with Crippen LogP contribution in [0.4, 0.5) is 13.2 Å². The number of methoxy groups -OCH3 is 1. The molecule has 36 heavy (non-hydrogen) atoms. The third-order valence-corrected chi connectivity index (χ3v) is 10.3. The van der Waals surface area contributed by atoms with E-state index in [1.807, 2.05) is 0 Å². The number of carbonyl (C=O) groups is 1. The molecule has 1 aromatic rings. The summed E-state index contributed by atoms with van der Waals surface area (Å²) in [6, 6.07) is 0.900. The van der Waals surface area contributed by atoms with Gasteiger partial charge in [-0.3, -0.25) is 4.79 Å². The van der Waals surface area contributed by atoms with Crippen LogP contribution in [0.25, 0.3) is 0 Å². The van der Waals surface area contributed by atoms with E-state index >= 15 is 0 Å². The van der Waals surface area contributed by atoms with Gasteiger partial charge in [0.2, 0.25) is 5.88 Å². The van der Waals surface area contributed by atoms with Gasteiger partial charge in [0.05, 0.1) is 23.7 Å². The molecule has 202 valence electrons. The molecule has 0 bridgehead atoms. The Morgan fingerprint density at radius 3 is 2.31 bits per heavy atom. The topological polar surface area (TPSA) is 85.4 Å². The van der Waals surface area contributed by atoms with Gasteiger partial charge in [-0.15, -0.1) is 0 Å². The van der Waals surface area contributed by atoms with Crippen LogP contribution in [0, 0.1) is 23.7 Å². The van der Waals surface area contributed by atoms with E-state index in [0.717, 1.165) is 31.7 Å². The van der Waals surface area contributed by atoms with Crippen LogP contribution in [0.5, 0.6) is 5.88 Å². The van der Waals surface area contributed by atoms with Crippen molar-refractivity contribution >= 4 is 15.7 Å². The molecule has 3 unspecified atom stereocenters. The number of nitrogens with zero attached hydrogens (tertiary/aromatic N) is 1. The van der Waals surface area contributed by atoms with Gasteiger partial charge >= 0.3 is 6.18 Å². The number of sulfone groups is 1. The number of hydrogen-bond donors (Lipinski definition) is 1. The van der Waals surface area contributed by atoms with Crippen LogP contribution in [0.15, 0.2) is 6.07 Å². The SMILES string of the molecule is COc1nc(C(C)C)cc(C(F)(F)F)c1C(=O)NCC1CC(CC2CC2)CCC1S(=O)(=O)CC1CC1. The van der Waals surface area contributed by atoms with Gasteiger partial charge in [0.1, 0.15) is 5.56 Å². The third kappa shape index (κ3) is 6.53. The number of aromatic nitrogens is 1. The molecule has 1 N–H and O–H groups in total. The second-order valence-electron chi connectivity index (χ2n) is 11.3. The van der Waals surface area contributed by atoms with Crippen molar-refractivity contribution in [1.82, 2.24) is 10.3 Å². The first-order chi connectivity index (χ1) is 16.9. The predicted octanol–water partition coefficient (Wildman–Crippen LogP) is 5.37. The summed E-state index contributed by atoms with van der Waals surface area (Å²) in [6.45, 7) is 3.44. The first-order valence-electron chi connectivity index (χ1n) is 13.0. The van der Waals surface area contributed by atoms with Gasteiger partial charge in [-0.2, -0.15) is 13.2 Å². The van der Waals surface area contributed by atoms with Gasteiger partial charge in [0.15, 0.2) is 9.84 Å². The number of ether oxygens (including phenoxy) is 1. The lowest BCUT2D eigenvalue weighted by Crippen LogP contribution is -2.44. The van der Waals surface area contributed by atoms with E-state index in [-0.39, 0.29) is 41.6 Å². The summed E-state index contributed by atoms with van der Waals surface area (Å²) in [6.07, 6.45) is 2.63. The minimum atomic E-state index is -4.77. The highest BCUT2D eigenvalue weighted by atomic mass is 32.2. The van der Waals surface area contributed by atoms with Crippen LogP contribution in [-0.4, -0.2) is 44.0 Å². The molecule has 1 heterocycles. The van der Waals surface area contributed by atoms with Gasteiger partial charge in [-0.25, -0.2) is 13.4 Å². The molecule has 6 nitrogen and oxygen atoms in total. The molecule has 0 spiro atoms. The maximum Gasteiger partial charge on any atom is 0.417 e. The van der Waals surface area contributed by atoms with Crippen molar-refractivity contribution in [2.45, 2.75) is 82.6 Å². The smallest absolute Gasteiger partial charge is 0.417 e. The summed E-state index contributed by atoms with van der Waals surface area (Å²) >= 11 is 0. The molecule has 0 aromatic carbocycles. The number of alkyl halides is 3. The van der Waals surface area contributed by atoms with E-state index in [2.05, 4.69) is 10.3 Å². The van der Waals surface area contributed by atoms with Gasteiger partial charge in [0.25, 0.3) is 5.91 Å². The number of hydrogen-bond acceptors (Lipinski definition) is 5. The Bertz CT molecular complexity index is 1070. The van der Waals surface area contributed by atoms with Crippen LogP contribution in [0.3, 0.4) is 0 Å². The summed E-state index contributed by atoms with van der Waals surface area (Å²) in [5.41, 5.74) is -1.57. The summed E-state index contributed by atoms with van der Waals surface area (Å²) < 4.78 is 73.3. The van der Waals surface area contributed by atoms with Gasteiger partial charge in [0, 0.05) is 12.2 Å². The summed E-state index contributed by atoms with van der Waals surface area (Å²) in [5, 5.41) is 2.07. The van der Waals surface area contributed by atoms with Crippen molar-refractivity contribution in [2.24, 2.45) is 23.7 Å². The number of nitrogens with one attached hydrogen (secondary N) is 1. The fourth-order valence-corrected chi connectivity index (χ4v) is 8.06. The highest BCUT2D eigenvalue weighted by Crippen LogP contribution is 2.44. The Balaban J connectivity index is 1.56. The van der Waals surface area contributed by atoms with Crippen LogP contribution in [-0.2, 0) is 16.0 Å². The summed E-state index contributed by atoms with van der Waals surface area (Å²) in [5.74, 6) is -0.448. The Morgan fingerprint density at radius 1 is 1.11 bits per heavy atom. The molecule has 3 saturated carbocycles. The summed E-state index contributed by atoms with van der Waals surface area (Å²) in [7, 11) is -2.16. The minimum absolute atomic E-state index is 0.0148. The number of pyridine rings is 1. The Kier molecular flexibility index (Phi) is 7.93. The maximum absolute atomic E-state index is 13.9. The largest absolute Gasteiger partial charge is 0.480 e. The monoisotopic (exact) mass is 530 g/mol. The molecular weight excluding hydrogens is 493 g/mol. The second kappa shape index (κ2) is 10.5. The minimum Gasteiger partial charge on any atom is -0.480 e. The van der Waals surface area contributed by atoms with Crippen LogP contribution >= 0.6 is 0 Å². The lowest BCUT2D eigenvalue weighted by Gasteiger charge is -2.36. The lowest BCUT2D eigenvalue weighted by atomic mass is 9.78. The van der Waals surface area contributed by atoms with Crippen molar-refractivity contribution in [3.63, 3.8) is 0 Å². The lowest BCUT2D eigenvalue weighted by molar-refractivity contribution is -0.138. The number of rotatable bonds is 10. The van der Waals surface area contributed by atoms with E-state index in [1.165, 1.54) is 20.0 Å². The maximum atomic E-state index is 13.9. The molecule has 3 aliphatic rings. The zero-order chi connectivity index (χ0) is 26.3. The average molecular weight is 531 g/mol. The molecule has 0 aliphatic heterocycles. The molecule has 1 aromatic heterocycles. The molecule has 3 atom stereocenters. The number of carbonyl (C=O) groups excluding carboxylic acids is 1. The van der Waals surface area contributed by atoms with Crippen molar-refractivity contribution in [1.29, 1.82) is 0 Å². The highest BCUT2D eigenvalue weighted by molar-refractivity contribution is 7.92. The zero-order valence-corrected chi connectivity index (χ0v) is 22.1. The fourth-order valence-electron chi connectivity index (χ4n) is 5.54. The number of halogens is 3. The van der Waals surface area contributed by atoms with Crippen LogP contribution in [0.1, 0.15) is 92.7 Å². The van der Waals surface area contributed by atoms with Crippen LogP contribution < -0.4 is 10.1 Å².